The molecule has 0 atom stereocenters. The molecule has 0 saturated heterocycles. The lowest BCUT2D eigenvalue weighted by atomic mass is 10.2. The third kappa shape index (κ3) is 3.92. The van der Waals surface area contributed by atoms with Gasteiger partial charge in [-0.2, -0.15) is 0 Å². The van der Waals surface area contributed by atoms with E-state index in [1.54, 1.807) is 6.08 Å². The highest BCUT2D eigenvalue weighted by molar-refractivity contribution is 7.12. The van der Waals surface area contributed by atoms with Crippen molar-refractivity contribution in [3.05, 3.63) is 81.8 Å². The highest BCUT2D eigenvalue weighted by atomic mass is 32.1. The summed E-state index contributed by atoms with van der Waals surface area (Å²) in [5.74, 6) is -0.738. The number of carbonyl (C=O) groups is 2. The van der Waals surface area contributed by atoms with Crippen LogP contribution in [0.3, 0.4) is 0 Å². The topological polar surface area (TPSA) is 63.1 Å². The van der Waals surface area contributed by atoms with E-state index in [0.717, 1.165) is 22.6 Å². The van der Waals surface area contributed by atoms with Gasteiger partial charge in [-0.1, -0.05) is 30.3 Å². The Hall–Kier alpha value is -3.12. The van der Waals surface area contributed by atoms with Crippen molar-refractivity contribution in [2.75, 3.05) is 0 Å². The lowest BCUT2D eigenvalue weighted by Gasteiger charge is -2.11. The van der Waals surface area contributed by atoms with Gasteiger partial charge in [0.1, 0.15) is 4.88 Å². The van der Waals surface area contributed by atoms with Crippen molar-refractivity contribution in [3.63, 3.8) is 0 Å². The van der Waals surface area contributed by atoms with Gasteiger partial charge >= 0.3 is 0 Å². The van der Waals surface area contributed by atoms with Crippen LogP contribution in [0, 0.1) is 13.8 Å². The molecule has 6 heteroatoms. The largest absolute Gasteiger partial charge is 0.317 e. The zero-order valence-corrected chi connectivity index (χ0v) is 15.3. The second kappa shape index (κ2) is 7.84. The predicted octanol–water partition coefficient (Wildman–Crippen LogP) is 3.63. The van der Waals surface area contributed by atoms with Crippen LogP contribution in [0.5, 0.6) is 0 Å². The lowest BCUT2D eigenvalue weighted by Crippen LogP contribution is -2.40. The number of amides is 2. The summed E-state index contributed by atoms with van der Waals surface area (Å²) in [7, 11) is 0. The predicted molar refractivity (Wildman–Crippen MR) is 104 cm³/mol. The molecule has 2 heterocycles. The number of nitrogens with one attached hydrogen (secondary N) is 2. The SMILES string of the molecule is Cc1ccc(C)n1-c1ccsc1C(=O)NNC(=O)C=Cc1ccccc1. The molecule has 2 N–H and O–H groups in total. The molecule has 132 valence electrons. The molecule has 2 amide bonds. The van der Waals surface area contributed by atoms with Crippen LogP contribution < -0.4 is 10.9 Å². The molecule has 0 bridgehead atoms. The van der Waals surface area contributed by atoms with Gasteiger partial charge in [-0.15, -0.1) is 11.3 Å². The summed E-state index contributed by atoms with van der Waals surface area (Å²) in [4.78, 5) is 24.9. The fraction of sp³-hybridized carbons (Fsp3) is 0.100. The number of aromatic nitrogens is 1. The summed E-state index contributed by atoms with van der Waals surface area (Å²) >= 11 is 1.33. The monoisotopic (exact) mass is 365 g/mol. The van der Waals surface area contributed by atoms with E-state index in [4.69, 9.17) is 0 Å². The van der Waals surface area contributed by atoms with Gasteiger partial charge in [-0.25, -0.2) is 0 Å². The number of hydrogen-bond donors (Lipinski definition) is 2. The average molecular weight is 365 g/mol. The van der Waals surface area contributed by atoms with Crippen LogP contribution in [-0.2, 0) is 4.79 Å². The first-order valence-electron chi connectivity index (χ1n) is 8.12. The van der Waals surface area contributed by atoms with E-state index in [2.05, 4.69) is 10.9 Å². The van der Waals surface area contributed by atoms with Crippen molar-refractivity contribution in [1.82, 2.24) is 15.4 Å². The Morgan fingerprint density at radius 1 is 0.962 bits per heavy atom. The van der Waals surface area contributed by atoms with E-state index >= 15 is 0 Å². The summed E-state index contributed by atoms with van der Waals surface area (Å²) in [5.41, 5.74) is 8.69. The van der Waals surface area contributed by atoms with Gasteiger partial charge in [-0.3, -0.25) is 20.4 Å². The first-order valence-corrected chi connectivity index (χ1v) is 9.00. The van der Waals surface area contributed by atoms with E-state index in [1.807, 2.05) is 72.3 Å². The molecule has 0 aliphatic rings. The number of thiophene rings is 1. The van der Waals surface area contributed by atoms with Crippen LogP contribution in [0.2, 0.25) is 0 Å². The van der Waals surface area contributed by atoms with Crippen molar-refractivity contribution in [2.24, 2.45) is 0 Å². The van der Waals surface area contributed by atoms with Gasteiger partial charge < -0.3 is 4.57 Å². The Morgan fingerprint density at radius 3 is 2.35 bits per heavy atom. The molecule has 5 nitrogen and oxygen atoms in total. The molecular formula is C20H19N3O2S. The highest BCUT2D eigenvalue weighted by Crippen LogP contribution is 2.24. The molecule has 1 aromatic carbocycles. The van der Waals surface area contributed by atoms with Gasteiger partial charge in [0, 0.05) is 17.5 Å². The molecule has 3 aromatic rings. The van der Waals surface area contributed by atoms with Crippen molar-refractivity contribution < 1.29 is 9.59 Å². The Bertz CT molecular complexity index is 935. The van der Waals surface area contributed by atoms with E-state index in [1.165, 1.54) is 17.4 Å². The summed E-state index contributed by atoms with van der Waals surface area (Å²) < 4.78 is 2.02. The molecule has 0 fully saturated rings. The second-order valence-electron chi connectivity index (χ2n) is 5.77. The normalized spacial score (nSPS) is 10.8. The van der Waals surface area contributed by atoms with Crippen molar-refractivity contribution in [1.29, 1.82) is 0 Å². The summed E-state index contributed by atoms with van der Waals surface area (Å²) in [6, 6.07) is 15.4. The molecule has 2 aromatic heterocycles. The van der Waals surface area contributed by atoms with Gasteiger partial charge in [0.05, 0.1) is 5.69 Å². The second-order valence-corrected chi connectivity index (χ2v) is 6.69. The van der Waals surface area contributed by atoms with Crippen molar-refractivity contribution >= 4 is 29.2 Å². The Balaban J connectivity index is 1.66. The lowest BCUT2D eigenvalue weighted by molar-refractivity contribution is -0.117. The molecule has 0 aliphatic heterocycles. The van der Waals surface area contributed by atoms with Gasteiger partial charge in [0.25, 0.3) is 11.8 Å². The van der Waals surface area contributed by atoms with E-state index in [0.29, 0.717) is 4.88 Å². The fourth-order valence-corrected chi connectivity index (χ4v) is 3.42. The number of hydrazine groups is 1. The maximum atomic E-state index is 12.5. The number of aryl methyl sites for hydroxylation is 2. The molecule has 0 spiro atoms. The van der Waals surface area contributed by atoms with Crippen LogP contribution in [0.15, 0.2) is 60.0 Å². The van der Waals surface area contributed by atoms with Crippen LogP contribution in [0.1, 0.15) is 26.6 Å². The maximum Gasteiger partial charge on any atom is 0.281 e. The number of carbonyl (C=O) groups excluding carboxylic acids is 2. The van der Waals surface area contributed by atoms with Crippen molar-refractivity contribution in [3.8, 4) is 5.69 Å². The molecule has 0 unspecified atom stereocenters. The van der Waals surface area contributed by atoms with Crippen LogP contribution in [-0.4, -0.2) is 16.4 Å². The Kier molecular flexibility index (Phi) is 5.34. The van der Waals surface area contributed by atoms with Gasteiger partial charge in [0.15, 0.2) is 0 Å². The number of rotatable bonds is 4. The van der Waals surface area contributed by atoms with Crippen molar-refractivity contribution in [2.45, 2.75) is 13.8 Å². The molecular weight excluding hydrogens is 346 g/mol. The minimum Gasteiger partial charge on any atom is -0.317 e. The molecule has 3 rings (SSSR count). The molecule has 0 saturated carbocycles. The first-order chi connectivity index (χ1) is 12.6. The minimum atomic E-state index is -0.395. The van der Waals surface area contributed by atoms with E-state index in [-0.39, 0.29) is 5.91 Å². The zero-order valence-electron chi connectivity index (χ0n) is 14.5. The van der Waals surface area contributed by atoms with Gasteiger partial charge in [-0.05, 0) is 49.1 Å². The summed E-state index contributed by atoms with van der Waals surface area (Å²) in [6.45, 7) is 3.98. The quantitative estimate of drug-likeness (QED) is 0.548. The number of hydrogen-bond acceptors (Lipinski definition) is 3. The van der Waals surface area contributed by atoms with Crippen LogP contribution in [0.4, 0.5) is 0 Å². The minimum absolute atomic E-state index is 0.344. The fourth-order valence-electron chi connectivity index (χ4n) is 2.65. The molecule has 0 aliphatic carbocycles. The summed E-state index contributed by atoms with van der Waals surface area (Å²) in [5, 5.41) is 1.86. The maximum absolute atomic E-state index is 12.5. The van der Waals surface area contributed by atoms with Gasteiger partial charge in [0.2, 0.25) is 0 Å². The zero-order chi connectivity index (χ0) is 18.5. The van der Waals surface area contributed by atoms with Crippen LogP contribution in [0.25, 0.3) is 11.8 Å². The number of benzene rings is 1. The Labute approximate surface area is 155 Å². The molecule has 26 heavy (non-hydrogen) atoms. The number of nitrogens with zero attached hydrogens (tertiary/aromatic N) is 1. The standard InChI is InChI=1S/C20H19N3O2S/c1-14-8-9-15(2)23(14)17-12-13-26-19(17)20(25)22-21-18(24)11-10-16-6-4-3-5-7-16/h3-13H,1-2H3,(H,21,24)(H,22,25). The Morgan fingerprint density at radius 2 is 1.65 bits per heavy atom. The first kappa shape index (κ1) is 17.7. The highest BCUT2D eigenvalue weighted by Gasteiger charge is 2.17. The third-order valence-corrected chi connectivity index (χ3v) is 4.79. The van der Waals surface area contributed by atoms with E-state index in [9.17, 15) is 9.59 Å². The van der Waals surface area contributed by atoms with Crippen LogP contribution >= 0.6 is 11.3 Å². The smallest absolute Gasteiger partial charge is 0.281 e. The third-order valence-electron chi connectivity index (χ3n) is 3.89. The summed E-state index contributed by atoms with van der Waals surface area (Å²) in [6.07, 6.45) is 3.07. The van der Waals surface area contributed by atoms with E-state index < -0.39 is 5.91 Å². The molecule has 0 radical (unpaired) electrons. The average Bonchev–Trinajstić information content (AvgIpc) is 3.25.